The van der Waals surface area contributed by atoms with Crippen LogP contribution < -0.4 is 11.2 Å². The van der Waals surface area contributed by atoms with E-state index in [1.165, 1.54) is 17.9 Å². The zero-order valence-electron chi connectivity index (χ0n) is 9.39. The first-order valence-corrected chi connectivity index (χ1v) is 4.74. The molecule has 0 radical (unpaired) electrons. The lowest BCUT2D eigenvalue weighted by Crippen LogP contribution is -2.36. The van der Waals surface area contributed by atoms with Crippen LogP contribution >= 0.6 is 0 Å². The molecule has 0 aliphatic heterocycles. The number of hydrogen-bond acceptors (Lipinski definition) is 4. The van der Waals surface area contributed by atoms with Crippen molar-refractivity contribution in [1.29, 1.82) is 0 Å². The number of hydrogen-bond donors (Lipinski definition) is 2. The third-order valence-electron chi connectivity index (χ3n) is 2.03. The molecule has 0 fully saturated rings. The number of rotatable bonds is 0. The Balaban J connectivity index is 0.000000386. The van der Waals surface area contributed by atoms with Crippen molar-refractivity contribution in [1.82, 2.24) is 19.1 Å². The summed E-state index contributed by atoms with van der Waals surface area (Å²) in [4.78, 5) is 29.4. The van der Waals surface area contributed by atoms with Gasteiger partial charge >= 0.3 is 5.69 Å². The highest BCUT2D eigenvalue weighted by molar-refractivity contribution is 5.68. The molecule has 0 saturated carbocycles. The lowest BCUT2D eigenvalue weighted by atomic mass is 10.5. The molecule has 0 bridgehead atoms. The van der Waals surface area contributed by atoms with Gasteiger partial charge in [-0.3, -0.25) is 13.9 Å². The van der Waals surface area contributed by atoms with E-state index in [2.05, 4.69) is 9.97 Å². The van der Waals surface area contributed by atoms with E-state index in [1.54, 1.807) is 14.0 Å². The summed E-state index contributed by atoms with van der Waals surface area (Å²) in [5, 5.41) is 7.57. The van der Waals surface area contributed by atoms with Gasteiger partial charge in [0.2, 0.25) is 0 Å². The van der Waals surface area contributed by atoms with Crippen LogP contribution in [0, 0.1) is 0 Å². The van der Waals surface area contributed by atoms with Crippen molar-refractivity contribution >= 4 is 11.2 Å². The van der Waals surface area contributed by atoms with E-state index >= 15 is 0 Å². The molecule has 0 unspecified atom stereocenters. The average molecular weight is 226 g/mol. The van der Waals surface area contributed by atoms with Crippen LogP contribution in [0.5, 0.6) is 0 Å². The molecule has 0 aliphatic carbocycles. The van der Waals surface area contributed by atoms with Gasteiger partial charge in [-0.1, -0.05) is 0 Å². The minimum absolute atomic E-state index is 0.250. The van der Waals surface area contributed by atoms with E-state index in [0.29, 0.717) is 11.2 Å². The Labute approximate surface area is 91.0 Å². The number of aromatic amines is 1. The molecule has 2 aromatic heterocycles. The summed E-state index contributed by atoms with van der Waals surface area (Å²) in [6.07, 6.45) is 1.39. The summed E-state index contributed by atoms with van der Waals surface area (Å²) < 4.78 is 2.37. The number of aliphatic hydroxyl groups excluding tert-OH is 1. The number of aromatic nitrogens is 4. The Morgan fingerprint density at radius 3 is 2.50 bits per heavy atom. The molecule has 2 aromatic rings. The lowest BCUT2D eigenvalue weighted by molar-refractivity contribution is 0.318. The molecule has 2 N–H and O–H groups in total. The monoisotopic (exact) mass is 226 g/mol. The van der Waals surface area contributed by atoms with Crippen LogP contribution in [0.25, 0.3) is 11.2 Å². The number of nitrogens with one attached hydrogen (secondary N) is 1. The maximum absolute atomic E-state index is 11.4. The lowest BCUT2D eigenvalue weighted by Gasteiger charge is -2.00. The highest BCUT2D eigenvalue weighted by Crippen LogP contribution is 1.97. The average Bonchev–Trinajstić information content (AvgIpc) is 2.73. The van der Waals surface area contributed by atoms with Crippen LogP contribution in [0.2, 0.25) is 0 Å². The summed E-state index contributed by atoms with van der Waals surface area (Å²) in [5.74, 6) is 0. The molecule has 7 heteroatoms. The number of aliphatic hydroxyl groups is 1. The topological polar surface area (TPSA) is 92.9 Å². The molecule has 0 saturated heterocycles. The second kappa shape index (κ2) is 4.75. The second-order valence-corrected chi connectivity index (χ2v) is 3.12. The normalized spacial score (nSPS) is 10.0. The van der Waals surface area contributed by atoms with Crippen molar-refractivity contribution in [3.63, 3.8) is 0 Å². The van der Waals surface area contributed by atoms with Gasteiger partial charge in [-0.2, -0.15) is 0 Å². The Bertz CT molecular complexity index is 593. The predicted octanol–water partition coefficient (Wildman–Crippen LogP) is -1.04. The molecule has 0 aliphatic rings. The van der Waals surface area contributed by atoms with Gasteiger partial charge in [-0.15, -0.1) is 0 Å². The fourth-order valence-corrected chi connectivity index (χ4v) is 1.27. The summed E-state index contributed by atoms with van der Waals surface area (Å²) in [6, 6.07) is 0. The largest absolute Gasteiger partial charge is 0.397 e. The molecule has 0 spiro atoms. The summed E-state index contributed by atoms with van der Waals surface area (Å²) in [5.41, 5.74) is 0.0119. The van der Waals surface area contributed by atoms with Gasteiger partial charge in [0.05, 0.1) is 6.33 Å². The Kier molecular flexibility index (Phi) is 3.62. The highest BCUT2D eigenvalue weighted by atomic mass is 16.2. The van der Waals surface area contributed by atoms with Crippen molar-refractivity contribution < 1.29 is 5.11 Å². The minimum Gasteiger partial charge on any atom is -0.397 e. The molecule has 7 nitrogen and oxygen atoms in total. The predicted molar refractivity (Wildman–Crippen MR) is 59.3 cm³/mol. The molecule has 16 heavy (non-hydrogen) atoms. The van der Waals surface area contributed by atoms with E-state index in [-0.39, 0.29) is 17.9 Å². The third kappa shape index (κ3) is 1.89. The van der Waals surface area contributed by atoms with Crippen LogP contribution in [0.15, 0.2) is 15.9 Å². The van der Waals surface area contributed by atoms with Crippen LogP contribution in [0.1, 0.15) is 6.92 Å². The minimum atomic E-state index is -0.371. The van der Waals surface area contributed by atoms with Gasteiger partial charge in [-0.05, 0) is 6.92 Å². The first-order chi connectivity index (χ1) is 7.54. The Morgan fingerprint density at radius 2 is 1.94 bits per heavy atom. The molecular weight excluding hydrogens is 212 g/mol. The first kappa shape index (κ1) is 12.2. The molecule has 0 aromatic carbocycles. The second-order valence-electron chi connectivity index (χ2n) is 3.12. The van der Waals surface area contributed by atoms with E-state index in [4.69, 9.17) is 5.11 Å². The van der Waals surface area contributed by atoms with Crippen LogP contribution in [-0.4, -0.2) is 30.8 Å². The van der Waals surface area contributed by atoms with Crippen molar-refractivity contribution in [3.05, 3.63) is 27.2 Å². The number of aryl methyl sites for hydroxylation is 1. The SMILES string of the molecule is CCO.Cn1c(=O)c2[nH]cnc2n(C)c1=O. The van der Waals surface area contributed by atoms with Crippen LogP contribution in [0.4, 0.5) is 0 Å². The van der Waals surface area contributed by atoms with Crippen molar-refractivity contribution in [2.45, 2.75) is 6.92 Å². The van der Waals surface area contributed by atoms with Gasteiger partial charge < -0.3 is 10.1 Å². The highest BCUT2D eigenvalue weighted by Gasteiger charge is 2.08. The quantitative estimate of drug-likeness (QED) is 0.600. The van der Waals surface area contributed by atoms with E-state index in [9.17, 15) is 9.59 Å². The summed E-state index contributed by atoms with van der Waals surface area (Å²) in [6.45, 7) is 1.93. The maximum atomic E-state index is 11.4. The van der Waals surface area contributed by atoms with E-state index in [1.807, 2.05) is 0 Å². The number of fused-ring (bicyclic) bond motifs is 1. The van der Waals surface area contributed by atoms with Crippen LogP contribution in [-0.2, 0) is 14.1 Å². The van der Waals surface area contributed by atoms with Crippen molar-refractivity contribution in [2.75, 3.05) is 6.61 Å². The number of nitrogens with zero attached hydrogens (tertiary/aromatic N) is 3. The summed E-state index contributed by atoms with van der Waals surface area (Å²) in [7, 11) is 3.01. The molecule has 2 rings (SSSR count). The fourth-order valence-electron chi connectivity index (χ4n) is 1.27. The Morgan fingerprint density at radius 1 is 1.38 bits per heavy atom. The number of H-pyrrole nitrogens is 1. The third-order valence-corrected chi connectivity index (χ3v) is 2.03. The van der Waals surface area contributed by atoms with Gasteiger partial charge in [0.25, 0.3) is 5.56 Å². The smallest absolute Gasteiger partial charge is 0.332 e. The molecule has 0 atom stereocenters. The van der Waals surface area contributed by atoms with E-state index < -0.39 is 0 Å². The first-order valence-electron chi connectivity index (χ1n) is 4.74. The zero-order valence-corrected chi connectivity index (χ0v) is 9.39. The van der Waals surface area contributed by atoms with Crippen molar-refractivity contribution in [3.8, 4) is 0 Å². The van der Waals surface area contributed by atoms with Crippen molar-refractivity contribution in [2.24, 2.45) is 14.1 Å². The molecule has 0 amide bonds. The molecular formula is C9H14N4O3. The van der Waals surface area contributed by atoms with Gasteiger partial charge in [0.1, 0.15) is 5.52 Å². The molecule has 88 valence electrons. The van der Waals surface area contributed by atoms with E-state index in [0.717, 1.165) is 4.57 Å². The van der Waals surface area contributed by atoms with Gasteiger partial charge in [0.15, 0.2) is 5.65 Å². The summed E-state index contributed by atoms with van der Waals surface area (Å²) >= 11 is 0. The standard InChI is InChI=1S/C7H8N4O2.C2H6O/c1-10-5-4(8-3-9-5)6(12)11(2)7(10)13;1-2-3/h3H,1-2H3,(H,8,9);3H,2H2,1H3. The fraction of sp³-hybridized carbons (Fsp3) is 0.444. The van der Waals surface area contributed by atoms with Gasteiger partial charge in [-0.25, -0.2) is 9.78 Å². The molecule has 2 heterocycles. The van der Waals surface area contributed by atoms with Crippen LogP contribution in [0.3, 0.4) is 0 Å². The zero-order chi connectivity index (χ0) is 12.3. The number of imidazole rings is 1. The maximum Gasteiger partial charge on any atom is 0.332 e. The van der Waals surface area contributed by atoms with Gasteiger partial charge in [0, 0.05) is 20.7 Å². The Hall–Kier alpha value is -1.89.